The van der Waals surface area contributed by atoms with Gasteiger partial charge in [0, 0.05) is 17.6 Å². The minimum atomic E-state index is -0.287. The number of nitrogens with zero attached hydrogens (tertiary/aromatic N) is 3. The number of hydrogen-bond donors (Lipinski definition) is 1. The lowest BCUT2D eigenvalue weighted by atomic mass is 10.0. The number of likely N-dealkylation sites (N-methyl/N-ethyl adjacent to an activating group) is 1. The van der Waals surface area contributed by atoms with Crippen LogP contribution >= 0.6 is 11.6 Å². The first kappa shape index (κ1) is 14.0. The average molecular weight is 283 g/mol. The number of rotatable bonds is 5. The Labute approximate surface area is 116 Å². The monoisotopic (exact) mass is 282 g/mol. The van der Waals surface area contributed by atoms with E-state index in [-0.39, 0.29) is 11.9 Å². The van der Waals surface area contributed by atoms with Crippen molar-refractivity contribution in [3.8, 4) is 0 Å². The van der Waals surface area contributed by atoms with Crippen molar-refractivity contribution in [2.24, 2.45) is 7.05 Å². The quantitative estimate of drug-likeness (QED) is 0.916. The molecule has 0 amide bonds. The van der Waals surface area contributed by atoms with Crippen LogP contribution < -0.4 is 5.32 Å². The first-order chi connectivity index (χ1) is 9.13. The molecule has 0 saturated carbocycles. The molecule has 19 heavy (non-hydrogen) atoms. The maximum absolute atomic E-state index is 13.8. The van der Waals surface area contributed by atoms with Crippen LogP contribution in [0, 0.1) is 5.82 Å². The highest BCUT2D eigenvalue weighted by Crippen LogP contribution is 2.25. The highest BCUT2D eigenvalue weighted by atomic mass is 35.5. The van der Waals surface area contributed by atoms with E-state index in [9.17, 15) is 4.39 Å². The molecule has 1 aromatic carbocycles. The van der Waals surface area contributed by atoms with Crippen LogP contribution in [-0.4, -0.2) is 21.5 Å². The summed E-state index contributed by atoms with van der Waals surface area (Å²) in [5.41, 5.74) is 1.41. The molecule has 1 atom stereocenters. The molecule has 102 valence electrons. The zero-order valence-electron chi connectivity index (χ0n) is 10.9. The van der Waals surface area contributed by atoms with Gasteiger partial charge in [-0.15, -0.1) is 5.10 Å². The predicted molar refractivity (Wildman–Crippen MR) is 72.5 cm³/mol. The lowest BCUT2D eigenvalue weighted by Crippen LogP contribution is -2.25. The van der Waals surface area contributed by atoms with Crippen LogP contribution in [0.15, 0.2) is 24.4 Å². The Morgan fingerprint density at radius 1 is 1.47 bits per heavy atom. The van der Waals surface area contributed by atoms with E-state index in [0.29, 0.717) is 17.0 Å². The molecule has 1 aromatic heterocycles. The van der Waals surface area contributed by atoms with Crippen LogP contribution in [0.2, 0.25) is 5.02 Å². The summed E-state index contributed by atoms with van der Waals surface area (Å²) >= 11 is 6.07. The van der Waals surface area contributed by atoms with Crippen molar-refractivity contribution in [2.45, 2.75) is 19.4 Å². The van der Waals surface area contributed by atoms with Crippen molar-refractivity contribution < 1.29 is 4.39 Å². The van der Waals surface area contributed by atoms with Crippen molar-refractivity contribution in [1.82, 2.24) is 20.3 Å². The Bertz CT molecular complexity index is 535. The zero-order valence-corrected chi connectivity index (χ0v) is 11.7. The molecule has 0 aliphatic carbocycles. The van der Waals surface area contributed by atoms with E-state index >= 15 is 0 Å². The van der Waals surface area contributed by atoms with Crippen LogP contribution in [0.5, 0.6) is 0 Å². The van der Waals surface area contributed by atoms with Gasteiger partial charge in [0.1, 0.15) is 5.82 Å². The van der Waals surface area contributed by atoms with Crippen LogP contribution in [0.3, 0.4) is 0 Å². The van der Waals surface area contributed by atoms with Gasteiger partial charge in [-0.2, -0.15) is 0 Å². The third-order valence-electron chi connectivity index (χ3n) is 3.03. The molecular formula is C13H16ClFN4. The Morgan fingerprint density at radius 3 is 2.84 bits per heavy atom. The first-order valence-electron chi connectivity index (χ1n) is 6.14. The van der Waals surface area contributed by atoms with Gasteiger partial charge in [-0.1, -0.05) is 29.8 Å². The van der Waals surface area contributed by atoms with Gasteiger partial charge in [-0.05, 0) is 25.1 Å². The Balaban J connectivity index is 2.29. The average Bonchev–Trinajstić information content (AvgIpc) is 2.79. The maximum Gasteiger partial charge on any atom is 0.127 e. The number of aromatic nitrogens is 3. The van der Waals surface area contributed by atoms with Crippen molar-refractivity contribution >= 4 is 11.6 Å². The molecule has 4 nitrogen and oxygen atoms in total. The van der Waals surface area contributed by atoms with Crippen molar-refractivity contribution in [1.29, 1.82) is 0 Å². The molecule has 2 rings (SSSR count). The van der Waals surface area contributed by atoms with Gasteiger partial charge in [0.2, 0.25) is 0 Å². The van der Waals surface area contributed by atoms with Gasteiger partial charge in [-0.25, -0.2) is 4.39 Å². The van der Waals surface area contributed by atoms with Gasteiger partial charge in [-0.3, -0.25) is 4.68 Å². The number of aryl methyl sites for hydroxylation is 1. The summed E-state index contributed by atoms with van der Waals surface area (Å²) in [6.45, 7) is 2.77. The molecule has 0 spiro atoms. The highest BCUT2D eigenvalue weighted by molar-refractivity contribution is 6.31. The number of nitrogens with one attached hydrogen (secondary N) is 1. The SMILES string of the molecule is CCNC(Cc1c(F)cccc1Cl)c1cnnn1C. The van der Waals surface area contributed by atoms with E-state index in [0.717, 1.165) is 12.2 Å². The summed E-state index contributed by atoms with van der Waals surface area (Å²) in [5, 5.41) is 11.5. The normalized spacial score (nSPS) is 12.6. The summed E-state index contributed by atoms with van der Waals surface area (Å²) in [5.74, 6) is -0.287. The molecular weight excluding hydrogens is 267 g/mol. The second-order valence-electron chi connectivity index (χ2n) is 4.30. The Morgan fingerprint density at radius 2 is 2.26 bits per heavy atom. The summed E-state index contributed by atoms with van der Waals surface area (Å²) < 4.78 is 15.5. The third kappa shape index (κ3) is 3.11. The fraction of sp³-hybridized carbons (Fsp3) is 0.385. The fourth-order valence-electron chi connectivity index (χ4n) is 2.07. The molecule has 1 N–H and O–H groups in total. The molecule has 0 saturated heterocycles. The predicted octanol–water partition coefficient (Wildman–Crippen LogP) is 2.50. The van der Waals surface area contributed by atoms with Crippen molar-refractivity contribution in [3.63, 3.8) is 0 Å². The molecule has 0 fully saturated rings. The van der Waals surface area contributed by atoms with E-state index in [1.165, 1.54) is 6.07 Å². The van der Waals surface area contributed by atoms with Gasteiger partial charge < -0.3 is 5.32 Å². The third-order valence-corrected chi connectivity index (χ3v) is 3.38. The molecule has 1 heterocycles. The molecule has 0 radical (unpaired) electrons. The van der Waals surface area contributed by atoms with Crippen molar-refractivity contribution in [3.05, 3.63) is 46.5 Å². The number of hydrogen-bond acceptors (Lipinski definition) is 3. The maximum atomic E-state index is 13.8. The number of benzene rings is 1. The fourth-order valence-corrected chi connectivity index (χ4v) is 2.31. The molecule has 2 aromatic rings. The largest absolute Gasteiger partial charge is 0.309 e. The first-order valence-corrected chi connectivity index (χ1v) is 6.52. The van der Waals surface area contributed by atoms with Gasteiger partial charge in [0.25, 0.3) is 0 Å². The minimum absolute atomic E-state index is 0.0700. The number of halogens is 2. The van der Waals surface area contributed by atoms with Gasteiger partial charge in [0.15, 0.2) is 0 Å². The van der Waals surface area contributed by atoms with Crippen LogP contribution in [-0.2, 0) is 13.5 Å². The topological polar surface area (TPSA) is 42.7 Å². The summed E-state index contributed by atoms with van der Waals surface area (Å²) in [6, 6.07) is 4.66. The summed E-state index contributed by atoms with van der Waals surface area (Å²) in [7, 11) is 1.82. The zero-order chi connectivity index (χ0) is 13.8. The van der Waals surface area contributed by atoms with E-state index in [1.54, 1.807) is 23.0 Å². The summed E-state index contributed by atoms with van der Waals surface area (Å²) in [6.07, 6.45) is 2.14. The van der Waals surface area contributed by atoms with E-state index in [1.807, 2.05) is 14.0 Å². The lowest BCUT2D eigenvalue weighted by molar-refractivity contribution is 0.494. The highest BCUT2D eigenvalue weighted by Gasteiger charge is 2.18. The molecule has 0 bridgehead atoms. The van der Waals surface area contributed by atoms with Gasteiger partial charge >= 0.3 is 0 Å². The Kier molecular flexibility index (Phi) is 4.50. The van der Waals surface area contributed by atoms with E-state index in [2.05, 4.69) is 15.6 Å². The standard InChI is InChI=1S/C13H16ClFN4/c1-3-16-12(13-8-17-18-19(13)2)7-9-10(14)5-4-6-11(9)15/h4-6,8,12,16H,3,7H2,1-2H3. The minimum Gasteiger partial charge on any atom is -0.309 e. The smallest absolute Gasteiger partial charge is 0.127 e. The molecule has 1 unspecified atom stereocenters. The van der Waals surface area contributed by atoms with Crippen LogP contribution in [0.1, 0.15) is 24.2 Å². The molecule has 0 aliphatic heterocycles. The van der Waals surface area contributed by atoms with Crippen LogP contribution in [0.4, 0.5) is 4.39 Å². The lowest BCUT2D eigenvalue weighted by Gasteiger charge is -2.18. The van der Waals surface area contributed by atoms with E-state index in [4.69, 9.17) is 11.6 Å². The molecule has 6 heteroatoms. The Hall–Kier alpha value is -1.46. The van der Waals surface area contributed by atoms with E-state index < -0.39 is 0 Å². The van der Waals surface area contributed by atoms with Crippen LogP contribution in [0.25, 0.3) is 0 Å². The van der Waals surface area contributed by atoms with Gasteiger partial charge in [0.05, 0.1) is 17.9 Å². The molecule has 0 aliphatic rings. The second kappa shape index (κ2) is 6.12. The second-order valence-corrected chi connectivity index (χ2v) is 4.70. The summed E-state index contributed by atoms with van der Waals surface area (Å²) in [4.78, 5) is 0. The van der Waals surface area contributed by atoms with Crippen molar-refractivity contribution in [2.75, 3.05) is 6.54 Å².